The maximum absolute atomic E-state index is 12.2. The Morgan fingerprint density at radius 1 is 1.31 bits per heavy atom. The molecule has 0 aliphatic heterocycles. The second-order valence-electron chi connectivity index (χ2n) is 6.91. The van der Waals surface area contributed by atoms with Crippen molar-refractivity contribution in [2.75, 3.05) is 24.4 Å². The summed E-state index contributed by atoms with van der Waals surface area (Å²) in [5, 5.41) is 28.9. The molecule has 1 fully saturated rings. The van der Waals surface area contributed by atoms with E-state index >= 15 is 0 Å². The van der Waals surface area contributed by atoms with Gasteiger partial charge in [-0.2, -0.15) is 11.8 Å². The largest absolute Gasteiger partial charge is 0.497 e. The molecule has 4 atom stereocenters. The second kappa shape index (κ2) is 12.3. The van der Waals surface area contributed by atoms with Crippen molar-refractivity contribution < 1.29 is 29.6 Å². The molecule has 29 heavy (non-hydrogen) atoms. The molecule has 1 aromatic carbocycles. The number of ketones is 1. The monoisotopic (exact) mass is 440 g/mol. The van der Waals surface area contributed by atoms with Crippen LogP contribution in [0.1, 0.15) is 18.4 Å². The third-order valence-corrected chi connectivity index (χ3v) is 7.13. The van der Waals surface area contributed by atoms with Gasteiger partial charge in [0.25, 0.3) is 0 Å². The van der Waals surface area contributed by atoms with Gasteiger partial charge >= 0.3 is 5.97 Å². The molecule has 6 nitrogen and oxygen atoms in total. The van der Waals surface area contributed by atoms with Crippen LogP contribution in [0, 0.1) is 5.92 Å². The smallest absolute Gasteiger partial charge is 0.313 e. The molecule has 3 N–H and O–H groups in total. The van der Waals surface area contributed by atoms with Crippen LogP contribution in [0.15, 0.2) is 36.4 Å². The molecule has 0 aromatic heterocycles. The zero-order chi connectivity index (χ0) is 21.2. The molecule has 0 spiro atoms. The molecule has 0 amide bonds. The normalized spacial score (nSPS) is 22.9. The van der Waals surface area contributed by atoms with Crippen molar-refractivity contribution in [3.8, 4) is 5.75 Å². The number of carbonyl (C=O) groups excluding carboxylic acids is 1. The highest BCUT2D eigenvalue weighted by Gasteiger charge is 2.40. The Morgan fingerprint density at radius 2 is 2.03 bits per heavy atom. The van der Waals surface area contributed by atoms with Crippen molar-refractivity contribution >= 4 is 35.3 Å². The topological polar surface area (TPSA) is 104 Å². The highest BCUT2D eigenvalue weighted by molar-refractivity contribution is 8.01. The minimum absolute atomic E-state index is 0.0278. The van der Waals surface area contributed by atoms with E-state index in [0.717, 1.165) is 29.2 Å². The van der Waals surface area contributed by atoms with Gasteiger partial charge in [0.05, 0.1) is 30.3 Å². The Morgan fingerprint density at radius 3 is 2.69 bits per heavy atom. The van der Waals surface area contributed by atoms with Crippen LogP contribution in [0.5, 0.6) is 5.75 Å². The van der Waals surface area contributed by atoms with Crippen LogP contribution in [-0.4, -0.2) is 68.9 Å². The van der Waals surface area contributed by atoms with E-state index in [4.69, 9.17) is 9.84 Å². The summed E-state index contributed by atoms with van der Waals surface area (Å²) in [4.78, 5) is 22.7. The Labute approximate surface area is 179 Å². The average Bonchev–Trinajstić information content (AvgIpc) is 2.95. The van der Waals surface area contributed by atoms with Crippen molar-refractivity contribution in [3.63, 3.8) is 0 Å². The minimum Gasteiger partial charge on any atom is -0.497 e. The zero-order valence-electron chi connectivity index (χ0n) is 16.4. The second-order valence-corrected chi connectivity index (χ2v) is 9.27. The summed E-state index contributed by atoms with van der Waals surface area (Å²) in [6.45, 7) is 0. The van der Waals surface area contributed by atoms with E-state index in [1.807, 2.05) is 24.3 Å². The van der Waals surface area contributed by atoms with Crippen molar-refractivity contribution in [3.05, 3.63) is 42.0 Å². The van der Waals surface area contributed by atoms with Gasteiger partial charge < -0.3 is 20.1 Å². The predicted octanol–water partition coefficient (Wildman–Crippen LogP) is 2.41. The molecule has 0 radical (unpaired) electrons. The number of hydrogen-bond acceptors (Lipinski definition) is 7. The molecule has 1 aliphatic carbocycles. The van der Waals surface area contributed by atoms with E-state index in [9.17, 15) is 19.8 Å². The first kappa shape index (κ1) is 23.8. The maximum atomic E-state index is 12.2. The number of aliphatic carboxylic acids is 1. The number of aliphatic hydroxyl groups is 2. The van der Waals surface area contributed by atoms with E-state index in [1.165, 1.54) is 23.5 Å². The molecular weight excluding hydrogens is 412 g/mol. The molecule has 160 valence electrons. The third kappa shape index (κ3) is 8.04. The Bertz CT molecular complexity index is 691. The van der Waals surface area contributed by atoms with Gasteiger partial charge in [-0.05, 0) is 35.6 Å². The summed E-state index contributed by atoms with van der Waals surface area (Å²) in [6, 6.07) is 7.47. The Hall–Kier alpha value is -1.48. The number of methoxy groups -OCH3 is 1. The summed E-state index contributed by atoms with van der Waals surface area (Å²) >= 11 is 2.87. The lowest BCUT2D eigenvalue weighted by Crippen LogP contribution is -2.22. The van der Waals surface area contributed by atoms with E-state index in [2.05, 4.69) is 0 Å². The first-order valence-electron chi connectivity index (χ1n) is 9.52. The van der Waals surface area contributed by atoms with Gasteiger partial charge in [-0.15, -0.1) is 11.8 Å². The van der Waals surface area contributed by atoms with Gasteiger partial charge in [-0.25, -0.2) is 0 Å². The fraction of sp³-hybridized carbons (Fsp3) is 0.524. The zero-order valence-corrected chi connectivity index (χ0v) is 18.0. The first-order valence-corrected chi connectivity index (χ1v) is 11.7. The van der Waals surface area contributed by atoms with Crippen LogP contribution < -0.4 is 4.74 Å². The summed E-state index contributed by atoms with van der Waals surface area (Å²) in [5.41, 5.74) is 0.968. The van der Waals surface area contributed by atoms with E-state index < -0.39 is 18.2 Å². The maximum Gasteiger partial charge on any atom is 0.313 e. The average molecular weight is 441 g/mol. The van der Waals surface area contributed by atoms with Crippen molar-refractivity contribution in [2.45, 2.75) is 36.7 Å². The van der Waals surface area contributed by atoms with Gasteiger partial charge in [0.2, 0.25) is 0 Å². The van der Waals surface area contributed by atoms with Crippen LogP contribution in [0.2, 0.25) is 0 Å². The number of benzene rings is 1. The van der Waals surface area contributed by atoms with Gasteiger partial charge in [0, 0.05) is 18.8 Å². The number of aliphatic hydroxyl groups excluding tert-OH is 2. The fourth-order valence-corrected chi connectivity index (χ4v) is 5.36. The molecule has 0 bridgehead atoms. The fourth-order valence-electron chi connectivity index (χ4n) is 3.17. The SMILES string of the molecule is COc1ccc(CC(O)C=C[C@H]2C(O)CC(=O)C2SCCCSCC(=O)O)cc1. The molecule has 1 aliphatic rings. The van der Waals surface area contributed by atoms with E-state index in [1.54, 1.807) is 19.3 Å². The lowest BCUT2D eigenvalue weighted by atomic mass is 10.0. The molecule has 3 unspecified atom stereocenters. The molecule has 8 heteroatoms. The number of carbonyl (C=O) groups is 2. The molecule has 0 heterocycles. The number of hydrogen-bond donors (Lipinski definition) is 3. The van der Waals surface area contributed by atoms with Crippen molar-refractivity contribution in [1.29, 1.82) is 0 Å². The molecule has 0 saturated heterocycles. The number of carboxylic acid groups (broad SMARTS) is 1. The number of Topliss-reactive ketones (excluding diaryl/α,β-unsaturated/α-hetero) is 1. The molecule has 1 saturated carbocycles. The summed E-state index contributed by atoms with van der Waals surface area (Å²) in [5.74, 6) is 1.19. The third-order valence-electron chi connectivity index (χ3n) is 4.64. The number of carboxylic acids is 1. The van der Waals surface area contributed by atoms with Gasteiger partial charge in [0.1, 0.15) is 11.5 Å². The van der Waals surface area contributed by atoms with Crippen LogP contribution in [0.4, 0.5) is 0 Å². The number of thioether (sulfide) groups is 2. The highest BCUT2D eigenvalue weighted by Crippen LogP contribution is 2.34. The Balaban J connectivity index is 1.83. The minimum atomic E-state index is -0.824. The number of rotatable bonds is 12. The van der Waals surface area contributed by atoms with Gasteiger partial charge in [-0.3, -0.25) is 9.59 Å². The molecular formula is C21H28O6S2. The van der Waals surface area contributed by atoms with E-state index in [0.29, 0.717) is 6.42 Å². The quantitative estimate of drug-likeness (QED) is 0.336. The summed E-state index contributed by atoms with van der Waals surface area (Å²) in [7, 11) is 1.60. The lowest BCUT2D eigenvalue weighted by molar-refractivity contribution is -0.133. The van der Waals surface area contributed by atoms with Gasteiger partial charge in [0.15, 0.2) is 0 Å². The lowest BCUT2D eigenvalue weighted by Gasteiger charge is -2.17. The van der Waals surface area contributed by atoms with Crippen LogP contribution in [0.3, 0.4) is 0 Å². The Kier molecular flexibility index (Phi) is 10.1. The van der Waals surface area contributed by atoms with Crippen LogP contribution in [0.25, 0.3) is 0 Å². The van der Waals surface area contributed by atoms with Gasteiger partial charge in [-0.1, -0.05) is 24.3 Å². The highest BCUT2D eigenvalue weighted by atomic mass is 32.2. The summed E-state index contributed by atoms with van der Waals surface area (Å²) in [6.07, 6.45) is 3.37. The van der Waals surface area contributed by atoms with Crippen molar-refractivity contribution in [1.82, 2.24) is 0 Å². The molecule has 2 rings (SSSR count). The van der Waals surface area contributed by atoms with Crippen LogP contribution in [-0.2, 0) is 16.0 Å². The number of ether oxygens (including phenoxy) is 1. The predicted molar refractivity (Wildman–Crippen MR) is 117 cm³/mol. The van der Waals surface area contributed by atoms with Crippen molar-refractivity contribution in [2.24, 2.45) is 5.92 Å². The van der Waals surface area contributed by atoms with E-state index in [-0.39, 0.29) is 29.1 Å². The summed E-state index contributed by atoms with van der Waals surface area (Å²) < 4.78 is 5.12. The first-order chi connectivity index (χ1) is 13.9. The van der Waals surface area contributed by atoms with Crippen LogP contribution >= 0.6 is 23.5 Å². The molecule has 1 aromatic rings. The standard InChI is InChI=1S/C21H28O6S2/c1-27-16-6-3-14(4-7-16)11-15(22)5-8-17-18(23)12-19(24)21(17)29-10-2-9-28-13-20(25)26/h3-8,15,17-18,21-23H,2,9-13H2,1H3,(H,25,26)/t15?,17-,18?,21?/m0/s1.